The first kappa shape index (κ1) is 21.1. The summed E-state index contributed by atoms with van der Waals surface area (Å²) in [5.41, 5.74) is 4.95. The number of nitrogens with zero attached hydrogens (tertiary/aromatic N) is 6. The van der Waals surface area contributed by atoms with Crippen LogP contribution >= 0.6 is 0 Å². The van der Waals surface area contributed by atoms with Crippen LogP contribution in [-0.2, 0) is 5.41 Å². The average Bonchev–Trinajstić information content (AvgIpc) is 3.28. The third kappa shape index (κ3) is 4.03. The van der Waals surface area contributed by atoms with Crippen LogP contribution in [0.2, 0.25) is 0 Å². The number of fused-ring (bicyclic) bond motifs is 1. The standard InChI is InChI=1S/C25H22N8O2/c1-14(29-24(34)19-10-17(27-13-28-19)15-4-3-9-26-12-15)20-11-18(33-35-20)23-30-16-5-6-21(25(2)7-8-25)31-22(16)32-23/h3-6,9-14H,7-8H2,1-2H3,(H,29,34)(H,30,31,32)/t14-/m1/s1. The number of H-pyrrole nitrogens is 1. The molecule has 2 N–H and O–H groups in total. The van der Waals surface area contributed by atoms with Crippen LogP contribution in [0.25, 0.3) is 33.9 Å². The topological polar surface area (TPSA) is 135 Å². The first-order valence-electron chi connectivity index (χ1n) is 11.4. The van der Waals surface area contributed by atoms with Crippen molar-refractivity contribution in [3.8, 4) is 22.8 Å². The molecular weight excluding hydrogens is 444 g/mol. The molecule has 6 rings (SSSR count). The molecule has 10 nitrogen and oxygen atoms in total. The fraction of sp³-hybridized carbons (Fsp3) is 0.240. The second kappa shape index (κ2) is 8.08. The quantitative estimate of drug-likeness (QED) is 0.383. The van der Waals surface area contributed by atoms with E-state index in [4.69, 9.17) is 9.51 Å². The zero-order valence-corrected chi connectivity index (χ0v) is 19.2. The summed E-state index contributed by atoms with van der Waals surface area (Å²) >= 11 is 0. The smallest absolute Gasteiger partial charge is 0.270 e. The number of nitrogens with one attached hydrogen (secondary N) is 2. The highest BCUT2D eigenvalue weighted by Crippen LogP contribution is 2.46. The predicted molar refractivity (Wildman–Crippen MR) is 127 cm³/mol. The lowest BCUT2D eigenvalue weighted by atomic mass is 10.1. The Morgan fingerprint density at radius 3 is 2.83 bits per heavy atom. The SMILES string of the molecule is C[C@@H](NC(=O)c1cc(-c2cccnc2)ncn1)c1cc(-c2nc3ccc(C4(C)CC4)nc3[nH]2)no1. The zero-order chi connectivity index (χ0) is 24.0. The van der Waals surface area contributed by atoms with Crippen molar-refractivity contribution >= 4 is 17.1 Å². The molecule has 1 amide bonds. The van der Waals surface area contributed by atoms with Gasteiger partial charge in [0, 0.05) is 35.1 Å². The van der Waals surface area contributed by atoms with Gasteiger partial charge >= 0.3 is 0 Å². The van der Waals surface area contributed by atoms with Crippen LogP contribution in [0.1, 0.15) is 54.7 Å². The minimum atomic E-state index is -0.440. The number of carbonyl (C=O) groups excluding carboxylic acids is 1. The van der Waals surface area contributed by atoms with Crippen LogP contribution < -0.4 is 5.32 Å². The molecule has 0 bridgehead atoms. The van der Waals surface area contributed by atoms with E-state index in [9.17, 15) is 4.79 Å². The van der Waals surface area contributed by atoms with Gasteiger partial charge in [-0.1, -0.05) is 12.1 Å². The molecule has 5 aromatic rings. The van der Waals surface area contributed by atoms with E-state index in [1.54, 1.807) is 24.5 Å². The Bertz CT molecular complexity index is 1540. The molecule has 1 atom stereocenters. The number of imidazole rings is 1. The van der Waals surface area contributed by atoms with Gasteiger partial charge in [-0.15, -0.1) is 0 Å². The van der Waals surface area contributed by atoms with E-state index in [2.05, 4.69) is 42.3 Å². The normalized spacial score (nSPS) is 15.1. The van der Waals surface area contributed by atoms with Crippen LogP contribution in [0.15, 0.2) is 59.6 Å². The second-order valence-corrected chi connectivity index (χ2v) is 9.05. The highest BCUT2D eigenvalue weighted by Gasteiger charge is 2.40. The zero-order valence-electron chi connectivity index (χ0n) is 19.2. The van der Waals surface area contributed by atoms with Gasteiger partial charge in [-0.25, -0.2) is 19.9 Å². The van der Waals surface area contributed by atoms with Crippen molar-refractivity contribution < 1.29 is 9.32 Å². The number of hydrogen-bond donors (Lipinski definition) is 2. The molecule has 0 radical (unpaired) electrons. The Morgan fingerprint density at radius 2 is 2.03 bits per heavy atom. The molecule has 35 heavy (non-hydrogen) atoms. The molecule has 1 aliphatic carbocycles. The molecular formula is C25H22N8O2. The Balaban J connectivity index is 1.18. The molecule has 0 saturated heterocycles. The van der Waals surface area contributed by atoms with Gasteiger partial charge in [-0.2, -0.15) is 0 Å². The van der Waals surface area contributed by atoms with Crippen molar-refractivity contribution in [2.24, 2.45) is 0 Å². The first-order chi connectivity index (χ1) is 17.0. The summed E-state index contributed by atoms with van der Waals surface area (Å²) < 4.78 is 5.51. The summed E-state index contributed by atoms with van der Waals surface area (Å²) in [5.74, 6) is 0.711. The maximum atomic E-state index is 12.8. The van der Waals surface area contributed by atoms with E-state index in [0.29, 0.717) is 23.0 Å². The third-order valence-corrected chi connectivity index (χ3v) is 6.36. The number of aromatic amines is 1. The summed E-state index contributed by atoms with van der Waals surface area (Å²) in [4.78, 5) is 37.8. The summed E-state index contributed by atoms with van der Waals surface area (Å²) in [6, 6.07) is 10.6. The van der Waals surface area contributed by atoms with Crippen molar-refractivity contribution in [1.29, 1.82) is 0 Å². The third-order valence-electron chi connectivity index (χ3n) is 6.36. The van der Waals surface area contributed by atoms with E-state index in [-0.39, 0.29) is 17.0 Å². The minimum Gasteiger partial charge on any atom is -0.358 e. The van der Waals surface area contributed by atoms with Gasteiger partial charge in [0.15, 0.2) is 17.2 Å². The van der Waals surface area contributed by atoms with Crippen molar-refractivity contribution in [3.05, 3.63) is 72.3 Å². The lowest BCUT2D eigenvalue weighted by Crippen LogP contribution is -2.27. The second-order valence-electron chi connectivity index (χ2n) is 9.05. The largest absolute Gasteiger partial charge is 0.358 e. The maximum Gasteiger partial charge on any atom is 0.270 e. The molecule has 1 aliphatic rings. The van der Waals surface area contributed by atoms with Gasteiger partial charge in [0.1, 0.15) is 23.2 Å². The molecule has 10 heteroatoms. The molecule has 0 spiro atoms. The number of amides is 1. The Labute approximate surface area is 200 Å². The van der Waals surface area contributed by atoms with Gasteiger partial charge in [0.2, 0.25) is 0 Å². The molecule has 0 aliphatic heterocycles. The maximum absolute atomic E-state index is 12.8. The van der Waals surface area contributed by atoms with Gasteiger partial charge in [0.05, 0.1) is 11.7 Å². The fourth-order valence-electron chi connectivity index (χ4n) is 3.90. The average molecular weight is 467 g/mol. The molecule has 5 aromatic heterocycles. The van der Waals surface area contributed by atoms with E-state index in [1.807, 2.05) is 31.2 Å². The van der Waals surface area contributed by atoms with Gasteiger partial charge < -0.3 is 14.8 Å². The monoisotopic (exact) mass is 466 g/mol. The highest BCUT2D eigenvalue weighted by molar-refractivity contribution is 5.93. The Kier molecular flexibility index (Phi) is 4.87. The fourth-order valence-corrected chi connectivity index (χ4v) is 3.90. The van der Waals surface area contributed by atoms with E-state index >= 15 is 0 Å². The number of hydrogen-bond acceptors (Lipinski definition) is 8. The molecule has 5 heterocycles. The molecule has 1 saturated carbocycles. The Morgan fingerprint density at radius 1 is 1.14 bits per heavy atom. The number of rotatable bonds is 6. The first-order valence-corrected chi connectivity index (χ1v) is 11.4. The van der Waals surface area contributed by atoms with E-state index < -0.39 is 6.04 Å². The van der Waals surface area contributed by atoms with Gasteiger partial charge in [-0.3, -0.25) is 9.78 Å². The number of aromatic nitrogens is 7. The van der Waals surface area contributed by atoms with Crippen LogP contribution in [0.3, 0.4) is 0 Å². The lowest BCUT2D eigenvalue weighted by Gasteiger charge is -2.10. The molecule has 0 unspecified atom stereocenters. The van der Waals surface area contributed by atoms with Crippen LogP contribution in [-0.4, -0.2) is 41.0 Å². The van der Waals surface area contributed by atoms with Crippen LogP contribution in [0.5, 0.6) is 0 Å². The van der Waals surface area contributed by atoms with Crippen molar-refractivity contribution in [1.82, 2.24) is 40.4 Å². The van der Waals surface area contributed by atoms with Crippen LogP contribution in [0, 0.1) is 0 Å². The highest BCUT2D eigenvalue weighted by atomic mass is 16.5. The number of pyridine rings is 2. The van der Waals surface area contributed by atoms with E-state index in [0.717, 1.165) is 35.3 Å². The minimum absolute atomic E-state index is 0.177. The van der Waals surface area contributed by atoms with E-state index in [1.165, 1.54) is 6.33 Å². The van der Waals surface area contributed by atoms with Crippen LogP contribution in [0.4, 0.5) is 0 Å². The molecule has 0 aromatic carbocycles. The van der Waals surface area contributed by atoms with Crippen molar-refractivity contribution in [3.63, 3.8) is 0 Å². The predicted octanol–water partition coefficient (Wildman–Crippen LogP) is 4.01. The van der Waals surface area contributed by atoms with Crippen molar-refractivity contribution in [2.45, 2.75) is 38.1 Å². The van der Waals surface area contributed by atoms with Gasteiger partial charge in [-0.05, 0) is 50.1 Å². The Hall–Kier alpha value is -4.47. The summed E-state index contributed by atoms with van der Waals surface area (Å²) in [6.07, 6.45) is 7.03. The summed E-state index contributed by atoms with van der Waals surface area (Å²) in [7, 11) is 0. The summed E-state index contributed by atoms with van der Waals surface area (Å²) in [5, 5.41) is 7.03. The van der Waals surface area contributed by atoms with Crippen molar-refractivity contribution in [2.75, 3.05) is 0 Å². The molecule has 1 fully saturated rings. The summed E-state index contributed by atoms with van der Waals surface area (Å²) in [6.45, 7) is 4.04. The lowest BCUT2D eigenvalue weighted by molar-refractivity contribution is 0.0928. The molecule has 174 valence electrons. The van der Waals surface area contributed by atoms with Gasteiger partial charge in [0.25, 0.3) is 5.91 Å². The number of carbonyl (C=O) groups is 1.